The molecule has 156 valence electrons. The van der Waals surface area contributed by atoms with Crippen molar-refractivity contribution in [3.05, 3.63) is 58.5 Å². The van der Waals surface area contributed by atoms with Gasteiger partial charge >= 0.3 is 5.91 Å². The van der Waals surface area contributed by atoms with Crippen LogP contribution in [0.1, 0.15) is 25.9 Å². The average molecular weight is 430 g/mol. The number of nitrogens with zero attached hydrogens (tertiary/aromatic N) is 2. The van der Waals surface area contributed by atoms with Gasteiger partial charge in [-0.15, -0.1) is 0 Å². The molecule has 0 aliphatic carbocycles. The number of hydrazine groups is 1. The van der Waals surface area contributed by atoms with Crippen molar-refractivity contribution < 1.29 is 23.1 Å². The highest BCUT2D eigenvalue weighted by atomic mass is 32.1. The molecule has 0 atom stereocenters. The van der Waals surface area contributed by atoms with Gasteiger partial charge in [0, 0.05) is 18.7 Å². The summed E-state index contributed by atoms with van der Waals surface area (Å²) in [6.45, 7) is 4.44. The molecule has 0 spiro atoms. The van der Waals surface area contributed by atoms with Gasteiger partial charge in [-0.1, -0.05) is 11.3 Å². The Morgan fingerprint density at radius 3 is 2.50 bits per heavy atom. The van der Waals surface area contributed by atoms with Gasteiger partial charge in [0.15, 0.2) is 10.9 Å². The second-order valence-corrected chi connectivity index (χ2v) is 7.57. The van der Waals surface area contributed by atoms with Crippen LogP contribution in [0.5, 0.6) is 0 Å². The number of carbonyl (C=O) groups excluding carboxylic acids is 2. The zero-order valence-corrected chi connectivity index (χ0v) is 16.9. The predicted molar refractivity (Wildman–Crippen MR) is 109 cm³/mol. The molecule has 10 heteroatoms. The number of nitrogens with one attached hydrogen (secondary N) is 2. The maximum atomic E-state index is 13.0. The summed E-state index contributed by atoms with van der Waals surface area (Å²) in [4.78, 5) is 31.7. The van der Waals surface area contributed by atoms with Crippen LogP contribution in [0.25, 0.3) is 11.3 Å². The molecule has 1 fully saturated rings. The van der Waals surface area contributed by atoms with Gasteiger partial charge in [0.05, 0.1) is 18.9 Å². The number of furan rings is 1. The summed E-state index contributed by atoms with van der Waals surface area (Å²) in [6, 6.07) is 8.80. The number of thiazole rings is 1. The molecule has 1 aromatic carbocycles. The van der Waals surface area contributed by atoms with E-state index in [-0.39, 0.29) is 11.6 Å². The van der Waals surface area contributed by atoms with Gasteiger partial charge in [-0.25, -0.2) is 9.37 Å². The third-order valence-corrected chi connectivity index (χ3v) is 5.74. The molecule has 0 radical (unpaired) electrons. The van der Waals surface area contributed by atoms with Crippen LogP contribution < -0.4 is 15.8 Å². The van der Waals surface area contributed by atoms with Crippen molar-refractivity contribution in [1.29, 1.82) is 0 Å². The van der Waals surface area contributed by atoms with Gasteiger partial charge in [-0.3, -0.25) is 20.4 Å². The largest absolute Gasteiger partial charge is 0.451 e. The van der Waals surface area contributed by atoms with E-state index in [4.69, 9.17) is 9.15 Å². The number of halogens is 1. The average Bonchev–Trinajstić information content (AvgIpc) is 3.40. The van der Waals surface area contributed by atoms with Crippen molar-refractivity contribution in [2.45, 2.75) is 6.92 Å². The molecule has 3 heterocycles. The van der Waals surface area contributed by atoms with E-state index < -0.39 is 11.8 Å². The van der Waals surface area contributed by atoms with Gasteiger partial charge in [-0.2, -0.15) is 0 Å². The van der Waals surface area contributed by atoms with Crippen LogP contribution in [0.3, 0.4) is 0 Å². The molecule has 2 N–H and O–H groups in total. The second-order valence-electron chi connectivity index (χ2n) is 6.59. The van der Waals surface area contributed by atoms with E-state index in [1.807, 2.05) is 0 Å². The number of benzene rings is 1. The molecule has 0 saturated carbocycles. The van der Waals surface area contributed by atoms with Crippen LogP contribution in [-0.2, 0) is 4.74 Å². The van der Waals surface area contributed by atoms with Crippen molar-refractivity contribution in [3.8, 4) is 11.3 Å². The number of hydrogen-bond donors (Lipinski definition) is 2. The summed E-state index contributed by atoms with van der Waals surface area (Å²) in [7, 11) is 0. The Morgan fingerprint density at radius 2 is 1.77 bits per heavy atom. The fourth-order valence-corrected chi connectivity index (χ4v) is 3.96. The van der Waals surface area contributed by atoms with Crippen molar-refractivity contribution in [3.63, 3.8) is 0 Å². The van der Waals surface area contributed by atoms with E-state index in [0.717, 1.165) is 18.2 Å². The Bertz CT molecular complexity index is 1060. The maximum Gasteiger partial charge on any atom is 0.305 e. The molecular weight excluding hydrogens is 411 g/mol. The molecule has 2 amide bonds. The van der Waals surface area contributed by atoms with E-state index in [1.165, 1.54) is 29.5 Å². The fourth-order valence-electron chi connectivity index (χ4n) is 2.94. The number of anilines is 1. The minimum Gasteiger partial charge on any atom is -0.451 e. The number of rotatable bonds is 4. The molecule has 0 bridgehead atoms. The standard InChI is InChI=1S/C20H19FN4O4S/c1-12-17(30-20(22-12)25-8-10-28-11-9-25)19(27)24-23-18(26)16-7-6-15(29-16)13-2-4-14(21)5-3-13/h2-7H,8-11H2,1H3,(H,23,26)(H,24,27). The monoisotopic (exact) mass is 430 g/mol. The number of hydrogen-bond acceptors (Lipinski definition) is 7. The van der Waals surface area contributed by atoms with Crippen molar-refractivity contribution in [2.24, 2.45) is 0 Å². The third-order valence-electron chi connectivity index (χ3n) is 4.52. The maximum absolute atomic E-state index is 13.0. The molecule has 30 heavy (non-hydrogen) atoms. The highest BCUT2D eigenvalue weighted by Crippen LogP contribution is 2.26. The van der Waals surface area contributed by atoms with E-state index in [2.05, 4.69) is 20.7 Å². The Morgan fingerprint density at radius 1 is 1.07 bits per heavy atom. The number of aryl methyl sites for hydroxylation is 1. The Hall–Kier alpha value is -3.24. The zero-order chi connectivity index (χ0) is 21.1. The Kier molecular flexibility index (Phi) is 5.77. The zero-order valence-electron chi connectivity index (χ0n) is 16.1. The minimum atomic E-state index is -0.604. The first-order chi connectivity index (χ1) is 14.5. The van der Waals surface area contributed by atoms with Crippen LogP contribution in [0.15, 0.2) is 40.8 Å². The van der Waals surface area contributed by atoms with E-state index >= 15 is 0 Å². The Balaban J connectivity index is 1.37. The second kappa shape index (κ2) is 8.64. The molecule has 8 nitrogen and oxygen atoms in total. The minimum absolute atomic E-state index is 0.0182. The summed E-state index contributed by atoms with van der Waals surface area (Å²) in [5.74, 6) is -0.985. The highest BCUT2D eigenvalue weighted by molar-refractivity contribution is 7.17. The quantitative estimate of drug-likeness (QED) is 0.618. The molecule has 1 aliphatic heterocycles. The molecular formula is C20H19FN4O4S. The van der Waals surface area contributed by atoms with Crippen molar-refractivity contribution in [2.75, 3.05) is 31.2 Å². The summed E-state index contributed by atoms with van der Waals surface area (Å²) >= 11 is 1.27. The molecule has 2 aromatic heterocycles. The van der Waals surface area contributed by atoms with Gasteiger partial charge in [-0.05, 0) is 43.3 Å². The normalized spacial score (nSPS) is 13.9. The molecule has 1 saturated heterocycles. The predicted octanol–water partition coefficient (Wildman–Crippen LogP) is 2.76. The van der Waals surface area contributed by atoms with Crippen LogP contribution in [0.4, 0.5) is 9.52 Å². The topological polar surface area (TPSA) is 96.7 Å². The van der Waals surface area contributed by atoms with E-state index in [0.29, 0.717) is 35.1 Å². The molecule has 4 rings (SSSR count). The first-order valence-electron chi connectivity index (χ1n) is 9.28. The van der Waals surface area contributed by atoms with Crippen LogP contribution in [0.2, 0.25) is 0 Å². The summed E-state index contributed by atoms with van der Waals surface area (Å²) < 4.78 is 23.9. The summed E-state index contributed by atoms with van der Waals surface area (Å²) in [5.41, 5.74) is 5.95. The van der Waals surface area contributed by atoms with Crippen LogP contribution in [0, 0.1) is 12.7 Å². The summed E-state index contributed by atoms with van der Waals surface area (Å²) in [6.07, 6.45) is 0. The number of ether oxygens (including phenoxy) is 1. The number of amides is 2. The lowest BCUT2D eigenvalue weighted by molar-refractivity contribution is 0.0833. The van der Waals surface area contributed by atoms with Crippen molar-refractivity contribution >= 4 is 28.3 Å². The van der Waals surface area contributed by atoms with Gasteiger partial charge < -0.3 is 14.1 Å². The number of aromatic nitrogens is 1. The molecule has 1 aliphatic rings. The van der Waals surface area contributed by atoms with E-state index in [1.54, 1.807) is 25.1 Å². The van der Waals surface area contributed by atoms with Crippen LogP contribution >= 0.6 is 11.3 Å². The third kappa shape index (κ3) is 4.34. The highest BCUT2D eigenvalue weighted by Gasteiger charge is 2.21. The van der Waals surface area contributed by atoms with Crippen molar-refractivity contribution in [1.82, 2.24) is 15.8 Å². The van der Waals surface area contributed by atoms with Gasteiger partial charge in [0.1, 0.15) is 16.5 Å². The first kappa shape index (κ1) is 20.0. The van der Waals surface area contributed by atoms with E-state index in [9.17, 15) is 14.0 Å². The fraction of sp³-hybridized carbons (Fsp3) is 0.250. The van der Waals surface area contributed by atoms with Gasteiger partial charge in [0.25, 0.3) is 5.91 Å². The van der Waals surface area contributed by atoms with Gasteiger partial charge in [0.2, 0.25) is 0 Å². The SMILES string of the molecule is Cc1nc(N2CCOCC2)sc1C(=O)NNC(=O)c1ccc(-c2ccc(F)cc2)o1. The first-order valence-corrected chi connectivity index (χ1v) is 10.1. The molecule has 3 aromatic rings. The number of carbonyl (C=O) groups is 2. The lowest BCUT2D eigenvalue weighted by Gasteiger charge is -2.25. The molecule has 0 unspecified atom stereocenters. The Labute approximate surface area is 175 Å². The van der Waals surface area contributed by atoms with Crippen LogP contribution in [-0.4, -0.2) is 43.1 Å². The lowest BCUT2D eigenvalue weighted by Crippen LogP contribution is -2.41. The summed E-state index contributed by atoms with van der Waals surface area (Å²) in [5, 5.41) is 0.752. The smallest absolute Gasteiger partial charge is 0.305 e. The lowest BCUT2D eigenvalue weighted by atomic mass is 10.2. The number of morpholine rings is 1.